The van der Waals surface area contributed by atoms with Crippen molar-refractivity contribution in [2.45, 2.75) is 27.2 Å². The number of aryl methyl sites for hydroxylation is 2. The van der Waals surface area contributed by atoms with Crippen LogP contribution in [-0.4, -0.2) is 38.4 Å². The molecule has 2 aromatic heterocycles. The van der Waals surface area contributed by atoms with Crippen LogP contribution >= 0.6 is 0 Å². The molecule has 2 N–H and O–H groups in total. The summed E-state index contributed by atoms with van der Waals surface area (Å²) >= 11 is 0. The predicted molar refractivity (Wildman–Crippen MR) is 95.6 cm³/mol. The summed E-state index contributed by atoms with van der Waals surface area (Å²) in [7, 11) is 0. The summed E-state index contributed by atoms with van der Waals surface area (Å²) in [6.45, 7) is 7.47. The maximum Gasteiger partial charge on any atom is 0.328 e. The molecule has 0 atom stereocenters. The highest BCUT2D eigenvalue weighted by atomic mass is 16.4. The molecule has 2 rings (SSSR count). The molecule has 25 heavy (non-hydrogen) atoms. The largest absolute Gasteiger partial charge is 0.478 e. The Morgan fingerprint density at radius 2 is 1.52 bits per heavy atom. The number of anilines is 1. The lowest BCUT2D eigenvalue weighted by Gasteiger charge is -2.28. The Bertz CT molecular complexity index is 688. The lowest BCUT2D eigenvalue weighted by atomic mass is 10.3. The summed E-state index contributed by atoms with van der Waals surface area (Å²) in [5, 5.41) is 17.9. The van der Waals surface area contributed by atoms with Crippen molar-refractivity contribution >= 4 is 17.6 Å². The van der Waals surface area contributed by atoms with Crippen LogP contribution in [0, 0.1) is 13.8 Å². The van der Waals surface area contributed by atoms with Gasteiger partial charge in [-0.1, -0.05) is 6.92 Å². The van der Waals surface area contributed by atoms with Crippen LogP contribution in [0.2, 0.25) is 0 Å². The number of carbonyl (C=O) groups is 2. The zero-order chi connectivity index (χ0) is 18.8. The minimum Gasteiger partial charge on any atom is -0.478 e. The van der Waals surface area contributed by atoms with Gasteiger partial charge >= 0.3 is 11.9 Å². The van der Waals surface area contributed by atoms with E-state index in [1.54, 1.807) is 0 Å². The first-order valence-corrected chi connectivity index (χ1v) is 7.83. The van der Waals surface area contributed by atoms with Crippen LogP contribution in [0.25, 0.3) is 0 Å². The molecule has 2 heterocycles. The van der Waals surface area contributed by atoms with Crippen molar-refractivity contribution in [1.29, 1.82) is 0 Å². The predicted octanol–water partition coefficient (Wildman–Crippen LogP) is 2.89. The van der Waals surface area contributed by atoms with Gasteiger partial charge in [0.15, 0.2) is 0 Å². The molecule has 0 aliphatic heterocycles. The number of aliphatic carboxylic acids is 2. The summed E-state index contributed by atoms with van der Waals surface area (Å²) in [5.41, 5.74) is 3.70. The van der Waals surface area contributed by atoms with Crippen LogP contribution in [0.4, 0.5) is 5.69 Å². The molecule has 0 saturated carbocycles. The van der Waals surface area contributed by atoms with Crippen molar-refractivity contribution in [2.24, 2.45) is 0 Å². The van der Waals surface area contributed by atoms with E-state index < -0.39 is 11.9 Å². The van der Waals surface area contributed by atoms with E-state index >= 15 is 0 Å². The Morgan fingerprint density at radius 1 is 1.04 bits per heavy atom. The van der Waals surface area contributed by atoms with E-state index in [1.165, 1.54) is 17.1 Å². The molecule has 0 aliphatic rings. The van der Waals surface area contributed by atoms with Gasteiger partial charge < -0.3 is 10.2 Å². The Balaban J connectivity index is 0.000000333. The standard InChI is InChI=1S/C14H19N3.C4H4O4/c1-4-11-16(14-7-9-15-10-8-14)17-12(2)5-6-13(17)3;5-3(6)1-2-4(7)8/h5-10H,4,11H2,1-3H3;1-2H,(H,5,6)(H,7,8). The number of carboxylic acid groups (broad SMARTS) is 2. The lowest BCUT2D eigenvalue weighted by molar-refractivity contribution is -0.134. The highest BCUT2D eigenvalue weighted by Gasteiger charge is 2.11. The fraction of sp³-hybridized carbons (Fsp3) is 0.278. The Morgan fingerprint density at radius 3 is 1.92 bits per heavy atom. The van der Waals surface area contributed by atoms with Crippen LogP contribution in [0.3, 0.4) is 0 Å². The van der Waals surface area contributed by atoms with Gasteiger partial charge in [-0.25, -0.2) is 9.59 Å². The average molecular weight is 345 g/mol. The molecule has 0 radical (unpaired) electrons. The molecule has 0 spiro atoms. The molecule has 0 aromatic carbocycles. The normalized spacial score (nSPS) is 10.2. The summed E-state index contributed by atoms with van der Waals surface area (Å²) in [6.07, 6.45) is 5.91. The molecule has 0 amide bonds. The molecular formula is C18H23N3O4. The number of pyridine rings is 1. The number of carboxylic acids is 2. The number of rotatable bonds is 6. The summed E-state index contributed by atoms with van der Waals surface area (Å²) in [5.74, 6) is -2.51. The molecule has 0 fully saturated rings. The molecule has 7 heteroatoms. The third-order valence-corrected chi connectivity index (χ3v) is 3.24. The third kappa shape index (κ3) is 6.50. The molecular weight excluding hydrogens is 322 g/mol. The van der Waals surface area contributed by atoms with E-state index in [9.17, 15) is 9.59 Å². The van der Waals surface area contributed by atoms with Gasteiger partial charge in [-0.05, 0) is 44.5 Å². The van der Waals surface area contributed by atoms with Crippen LogP contribution in [0.1, 0.15) is 24.7 Å². The summed E-state index contributed by atoms with van der Waals surface area (Å²) in [4.78, 5) is 23.2. The van der Waals surface area contributed by atoms with Crippen LogP contribution in [0.15, 0.2) is 48.8 Å². The number of hydrogen-bond donors (Lipinski definition) is 2. The molecule has 0 bridgehead atoms. The second kappa shape index (κ2) is 9.92. The van der Waals surface area contributed by atoms with Gasteiger partial charge in [0.25, 0.3) is 0 Å². The number of aromatic nitrogens is 2. The quantitative estimate of drug-likeness (QED) is 0.782. The average Bonchev–Trinajstić information content (AvgIpc) is 2.91. The lowest BCUT2D eigenvalue weighted by Crippen LogP contribution is -2.32. The zero-order valence-electron chi connectivity index (χ0n) is 14.6. The van der Waals surface area contributed by atoms with Crippen molar-refractivity contribution in [1.82, 2.24) is 9.66 Å². The van der Waals surface area contributed by atoms with Gasteiger partial charge in [0.05, 0.1) is 5.69 Å². The first-order chi connectivity index (χ1) is 11.9. The minimum atomic E-state index is -1.26. The molecule has 0 saturated heterocycles. The Kier molecular flexibility index (Phi) is 7.92. The molecule has 7 nitrogen and oxygen atoms in total. The molecule has 0 aliphatic carbocycles. The van der Waals surface area contributed by atoms with E-state index in [2.05, 4.69) is 59.7 Å². The maximum absolute atomic E-state index is 9.55. The van der Waals surface area contributed by atoms with E-state index in [1.807, 2.05) is 12.4 Å². The van der Waals surface area contributed by atoms with Crippen molar-refractivity contribution in [3.63, 3.8) is 0 Å². The first-order valence-electron chi connectivity index (χ1n) is 7.83. The zero-order valence-corrected chi connectivity index (χ0v) is 14.6. The van der Waals surface area contributed by atoms with E-state index in [0.717, 1.165) is 13.0 Å². The fourth-order valence-corrected chi connectivity index (χ4v) is 2.26. The van der Waals surface area contributed by atoms with Crippen LogP contribution < -0.4 is 5.01 Å². The molecule has 0 unspecified atom stereocenters. The smallest absolute Gasteiger partial charge is 0.328 e. The first kappa shape index (κ1) is 20.0. The number of hydrogen-bond acceptors (Lipinski definition) is 4. The van der Waals surface area contributed by atoms with Gasteiger partial charge in [0.2, 0.25) is 0 Å². The minimum absolute atomic E-state index is 0.558. The van der Waals surface area contributed by atoms with Crippen LogP contribution in [0.5, 0.6) is 0 Å². The second-order valence-electron chi connectivity index (χ2n) is 5.27. The van der Waals surface area contributed by atoms with Gasteiger partial charge in [0, 0.05) is 42.5 Å². The summed E-state index contributed by atoms with van der Waals surface area (Å²) in [6, 6.07) is 8.40. The fourth-order valence-electron chi connectivity index (χ4n) is 2.26. The van der Waals surface area contributed by atoms with E-state index in [-0.39, 0.29) is 0 Å². The van der Waals surface area contributed by atoms with Crippen LogP contribution in [-0.2, 0) is 9.59 Å². The van der Waals surface area contributed by atoms with Crippen molar-refractivity contribution in [2.75, 3.05) is 11.6 Å². The van der Waals surface area contributed by atoms with Crippen molar-refractivity contribution < 1.29 is 19.8 Å². The number of nitrogens with zero attached hydrogens (tertiary/aromatic N) is 3. The van der Waals surface area contributed by atoms with E-state index in [4.69, 9.17) is 10.2 Å². The monoisotopic (exact) mass is 345 g/mol. The SMILES string of the molecule is CCCN(c1ccncc1)n1c(C)ccc1C.O=C(O)C=CC(=O)O. The van der Waals surface area contributed by atoms with Crippen molar-refractivity contribution in [3.8, 4) is 0 Å². The van der Waals surface area contributed by atoms with E-state index in [0.29, 0.717) is 12.2 Å². The molecule has 2 aromatic rings. The highest BCUT2D eigenvalue weighted by Crippen LogP contribution is 2.18. The van der Waals surface area contributed by atoms with Gasteiger partial charge in [-0.2, -0.15) is 0 Å². The maximum atomic E-state index is 9.55. The Hall–Kier alpha value is -3.09. The van der Waals surface area contributed by atoms with Gasteiger partial charge in [-0.15, -0.1) is 0 Å². The topological polar surface area (TPSA) is 95.7 Å². The second-order valence-corrected chi connectivity index (χ2v) is 5.27. The van der Waals surface area contributed by atoms with Gasteiger partial charge in [0.1, 0.15) is 0 Å². The summed E-state index contributed by atoms with van der Waals surface area (Å²) < 4.78 is 2.26. The highest BCUT2D eigenvalue weighted by molar-refractivity contribution is 5.89. The molecule has 134 valence electrons. The van der Waals surface area contributed by atoms with Crippen molar-refractivity contribution in [3.05, 3.63) is 60.2 Å². The Labute approximate surface area is 146 Å². The van der Waals surface area contributed by atoms with Gasteiger partial charge in [-0.3, -0.25) is 14.7 Å². The third-order valence-electron chi connectivity index (χ3n) is 3.24.